The highest BCUT2D eigenvalue weighted by Crippen LogP contribution is 2.32. The first-order valence-electron chi connectivity index (χ1n) is 15.1. The molecule has 0 spiro atoms. The van der Waals surface area contributed by atoms with E-state index in [1.165, 1.54) is 18.6 Å². The van der Waals surface area contributed by atoms with Gasteiger partial charge in [-0.2, -0.15) is 0 Å². The maximum Gasteiger partial charge on any atom is 0.277 e. The summed E-state index contributed by atoms with van der Waals surface area (Å²) >= 11 is 0. The lowest BCUT2D eigenvalue weighted by atomic mass is 9.97. The number of aromatic nitrogens is 4. The summed E-state index contributed by atoms with van der Waals surface area (Å²) in [7, 11) is -2.30. The number of nitrogens with zero attached hydrogens (tertiary/aromatic N) is 3. The monoisotopic (exact) mass is 609 g/mol. The van der Waals surface area contributed by atoms with Crippen LogP contribution in [0, 0.1) is 6.92 Å². The zero-order chi connectivity index (χ0) is 31.0. The Morgan fingerprint density at radius 1 is 1.05 bits per heavy atom. The van der Waals surface area contributed by atoms with Gasteiger partial charge in [-0.1, -0.05) is 57.7 Å². The summed E-state index contributed by atoms with van der Waals surface area (Å²) in [4.78, 5) is 21.0. The zero-order valence-electron chi connectivity index (χ0n) is 25.8. The molecule has 0 radical (unpaired) electrons. The minimum absolute atomic E-state index is 0.0399. The predicted molar refractivity (Wildman–Crippen MR) is 169 cm³/mol. The molecular formula is C32H43N5O5S. The van der Waals surface area contributed by atoms with Crippen molar-refractivity contribution in [3.63, 3.8) is 0 Å². The minimum atomic E-state index is -3.89. The van der Waals surface area contributed by atoms with Gasteiger partial charge in [0.15, 0.2) is 11.3 Å². The van der Waals surface area contributed by atoms with E-state index in [1.54, 1.807) is 17.7 Å². The standard InChI is InChI=1S/C32H43N5O5S/c1-6-9-10-11-14-23(7-2)31-34-22(4)29-32(38)35-30(36-37(29)31)26-21-25(17-18-28(26)42-8-3)43(39,40)33-20-19-24-15-12-13-16-27(24)41-5/h12-13,15-18,21,23,33H,6-11,14,19-20H2,1-5H3,(H,35,36,38). The molecule has 10 nitrogen and oxygen atoms in total. The van der Waals surface area contributed by atoms with E-state index < -0.39 is 10.0 Å². The Balaban J connectivity index is 1.69. The summed E-state index contributed by atoms with van der Waals surface area (Å²) in [5.74, 6) is 2.23. The van der Waals surface area contributed by atoms with Crippen LogP contribution in [0.3, 0.4) is 0 Å². The summed E-state index contributed by atoms with van der Waals surface area (Å²) in [5, 5.41) is 4.82. The van der Waals surface area contributed by atoms with Gasteiger partial charge in [-0.25, -0.2) is 22.6 Å². The first-order chi connectivity index (χ1) is 20.7. The van der Waals surface area contributed by atoms with Crippen molar-refractivity contribution in [2.24, 2.45) is 0 Å². The average molecular weight is 610 g/mol. The van der Waals surface area contributed by atoms with Crippen LogP contribution in [0.2, 0.25) is 0 Å². The number of methoxy groups -OCH3 is 1. The molecule has 0 saturated heterocycles. The maximum absolute atomic E-state index is 13.4. The van der Waals surface area contributed by atoms with E-state index in [0.717, 1.165) is 43.5 Å². The van der Waals surface area contributed by atoms with Crippen LogP contribution in [0.15, 0.2) is 52.2 Å². The molecule has 2 heterocycles. The van der Waals surface area contributed by atoms with Gasteiger partial charge in [-0.15, -0.1) is 5.10 Å². The molecule has 2 aromatic carbocycles. The van der Waals surface area contributed by atoms with Crippen molar-refractivity contribution < 1.29 is 17.9 Å². The fourth-order valence-corrected chi connectivity index (χ4v) is 6.43. The number of unbranched alkanes of at least 4 members (excludes halogenated alkanes) is 3. The average Bonchev–Trinajstić information content (AvgIpc) is 3.33. The molecule has 0 bridgehead atoms. The zero-order valence-corrected chi connectivity index (χ0v) is 26.6. The molecule has 2 aromatic heterocycles. The number of imidazole rings is 1. The SMILES string of the molecule is CCCCCCC(CC)c1nc(C)c2c(=O)[nH]c(-c3cc(S(=O)(=O)NCCc4ccccc4OC)ccc3OCC)nn12. The lowest BCUT2D eigenvalue weighted by Crippen LogP contribution is -2.26. The number of sulfonamides is 1. The van der Waals surface area contributed by atoms with Crippen molar-refractivity contribution in [1.82, 2.24) is 24.3 Å². The highest BCUT2D eigenvalue weighted by atomic mass is 32.2. The first-order valence-corrected chi connectivity index (χ1v) is 16.6. The molecule has 0 aliphatic heterocycles. The van der Waals surface area contributed by atoms with Gasteiger partial charge in [0, 0.05) is 12.5 Å². The molecular weight excluding hydrogens is 566 g/mol. The van der Waals surface area contributed by atoms with Crippen molar-refractivity contribution in [1.29, 1.82) is 0 Å². The lowest BCUT2D eigenvalue weighted by Gasteiger charge is -2.15. The Hall–Kier alpha value is -3.70. The third-order valence-electron chi connectivity index (χ3n) is 7.66. The van der Waals surface area contributed by atoms with Crippen LogP contribution in [0.4, 0.5) is 0 Å². The molecule has 11 heteroatoms. The number of aryl methyl sites for hydroxylation is 1. The number of rotatable bonds is 16. The summed E-state index contributed by atoms with van der Waals surface area (Å²) < 4.78 is 42.2. The molecule has 43 heavy (non-hydrogen) atoms. The van der Waals surface area contributed by atoms with Crippen molar-refractivity contribution in [3.05, 3.63) is 69.9 Å². The topological polar surface area (TPSA) is 128 Å². The number of hydrogen-bond acceptors (Lipinski definition) is 7. The van der Waals surface area contributed by atoms with E-state index >= 15 is 0 Å². The van der Waals surface area contributed by atoms with Crippen LogP contribution < -0.4 is 19.8 Å². The number of fused-ring (bicyclic) bond motifs is 1. The minimum Gasteiger partial charge on any atom is -0.496 e. The van der Waals surface area contributed by atoms with E-state index in [-0.39, 0.29) is 28.7 Å². The normalized spacial score (nSPS) is 12.5. The highest BCUT2D eigenvalue weighted by Gasteiger charge is 2.23. The number of ether oxygens (including phenoxy) is 2. The Kier molecular flexibility index (Phi) is 11.0. The molecule has 0 aliphatic carbocycles. The number of nitrogens with one attached hydrogen (secondary N) is 2. The summed E-state index contributed by atoms with van der Waals surface area (Å²) in [5.41, 5.74) is 1.94. The molecule has 0 amide bonds. The Bertz CT molecular complexity index is 1700. The van der Waals surface area contributed by atoms with E-state index in [4.69, 9.17) is 19.6 Å². The molecule has 4 aromatic rings. The van der Waals surface area contributed by atoms with Gasteiger partial charge >= 0.3 is 0 Å². The molecule has 1 unspecified atom stereocenters. The highest BCUT2D eigenvalue weighted by molar-refractivity contribution is 7.89. The largest absolute Gasteiger partial charge is 0.496 e. The molecule has 2 N–H and O–H groups in total. The third kappa shape index (κ3) is 7.45. The number of H-pyrrole nitrogens is 1. The molecule has 0 aliphatic rings. The second-order valence-electron chi connectivity index (χ2n) is 10.6. The Labute approximate surface area is 253 Å². The van der Waals surface area contributed by atoms with Gasteiger partial charge in [0.2, 0.25) is 10.0 Å². The smallest absolute Gasteiger partial charge is 0.277 e. The predicted octanol–water partition coefficient (Wildman–Crippen LogP) is 5.79. The van der Waals surface area contributed by atoms with Crippen molar-refractivity contribution in [3.8, 4) is 22.9 Å². The number of aromatic amines is 1. The van der Waals surface area contributed by atoms with Crippen LogP contribution in [0.5, 0.6) is 11.5 Å². The number of benzene rings is 2. The maximum atomic E-state index is 13.4. The van der Waals surface area contributed by atoms with Gasteiger partial charge in [0.1, 0.15) is 17.3 Å². The van der Waals surface area contributed by atoms with Crippen LogP contribution in [0.1, 0.15) is 82.3 Å². The van der Waals surface area contributed by atoms with E-state index in [1.807, 2.05) is 38.1 Å². The lowest BCUT2D eigenvalue weighted by molar-refractivity contribution is 0.341. The Morgan fingerprint density at radius 2 is 1.84 bits per heavy atom. The second-order valence-corrected chi connectivity index (χ2v) is 12.4. The quantitative estimate of drug-likeness (QED) is 0.154. The first kappa shape index (κ1) is 32.2. The van der Waals surface area contributed by atoms with Crippen molar-refractivity contribution >= 4 is 15.5 Å². The molecule has 232 valence electrons. The molecule has 4 rings (SSSR count). The van der Waals surface area contributed by atoms with Crippen LogP contribution in [0.25, 0.3) is 16.9 Å². The number of hydrogen-bond donors (Lipinski definition) is 2. The Morgan fingerprint density at radius 3 is 2.56 bits per heavy atom. The summed E-state index contributed by atoms with van der Waals surface area (Å²) in [6, 6.07) is 12.1. The third-order valence-corrected chi connectivity index (χ3v) is 9.12. The van der Waals surface area contributed by atoms with Crippen LogP contribution >= 0.6 is 0 Å². The summed E-state index contributed by atoms with van der Waals surface area (Å²) in [6.45, 7) is 8.50. The van der Waals surface area contributed by atoms with Gasteiger partial charge in [0.25, 0.3) is 5.56 Å². The van der Waals surface area contributed by atoms with Crippen molar-refractivity contribution in [2.75, 3.05) is 20.3 Å². The van der Waals surface area contributed by atoms with Crippen molar-refractivity contribution in [2.45, 2.75) is 83.5 Å². The summed E-state index contributed by atoms with van der Waals surface area (Å²) in [6.07, 6.45) is 6.86. The van der Waals surface area contributed by atoms with E-state index in [9.17, 15) is 13.2 Å². The fraction of sp³-hybridized carbons (Fsp3) is 0.469. The van der Waals surface area contributed by atoms with Gasteiger partial charge in [-0.05, 0) is 62.9 Å². The van der Waals surface area contributed by atoms with E-state index in [2.05, 4.69) is 23.6 Å². The van der Waals surface area contributed by atoms with Gasteiger partial charge in [0.05, 0.1) is 29.9 Å². The molecule has 0 saturated carbocycles. The molecule has 0 fully saturated rings. The van der Waals surface area contributed by atoms with Crippen LogP contribution in [-0.2, 0) is 16.4 Å². The van der Waals surface area contributed by atoms with Gasteiger partial charge in [-0.3, -0.25) is 4.79 Å². The van der Waals surface area contributed by atoms with Crippen LogP contribution in [-0.4, -0.2) is 48.3 Å². The van der Waals surface area contributed by atoms with Gasteiger partial charge < -0.3 is 14.5 Å². The number of para-hydroxylation sites is 1. The van der Waals surface area contributed by atoms with E-state index in [0.29, 0.717) is 41.3 Å². The molecule has 1 atom stereocenters. The fourth-order valence-electron chi connectivity index (χ4n) is 5.37. The second kappa shape index (κ2) is 14.7.